The first-order chi connectivity index (χ1) is 16.9. The molecular weight excluding hydrogens is 452 g/mol. The van der Waals surface area contributed by atoms with Gasteiger partial charge in [0.05, 0.1) is 18.9 Å². The first kappa shape index (κ1) is 27.8. The van der Waals surface area contributed by atoms with Crippen molar-refractivity contribution in [3.8, 4) is 23.0 Å². The number of aromatic nitrogens is 1. The standard InChI is InChI=1S/C30H42N2O4/c1-8-32(14-15-33)19-21-9-11-24(12-10-21)35-16-13-23-20-36-28(31-23)22-17-25(29(2,3)4)27(34)26(18-22)30(5,6)7/h9-12,17-18,20,33-34H,8,13-16,19H2,1-7H3. The van der Waals surface area contributed by atoms with Gasteiger partial charge in [-0.05, 0) is 47.2 Å². The molecule has 0 radical (unpaired) electrons. The maximum absolute atomic E-state index is 11.0. The van der Waals surface area contributed by atoms with Crippen molar-refractivity contribution in [3.63, 3.8) is 0 Å². The van der Waals surface area contributed by atoms with E-state index in [1.807, 2.05) is 24.3 Å². The summed E-state index contributed by atoms with van der Waals surface area (Å²) in [5.74, 6) is 1.71. The Bertz CT molecular complexity index is 1090. The predicted octanol–water partition coefficient (Wildman–Crippen LogP) is 6.08. The third kappa shape index (κ3) is 7.11. The van der Waals surface area contributed by atoms with Gasteiger partial charge in [-0.25, -0.2) is 4.98 Å². The number of nitrogens with zero attached hydrogens (tertiary/aromatic N) is 2. The van der Waals surface area contributed by atoms with E-state index in [-0.39, 0.29) is 17.4 Å². The summed E-state index contributed by atoms with van der Waals surface area (Å²) in [7, 11) is 0. The highest BCUT2D eigenvalue weighted by atomic mass is 16.5. The molecule has 0 saturated carbocycles. The molecule has 0 unspecified atom stereocenters. The maximum atomic E-state index is 11.0. The van der Waals surface area contributed by atoms with Gasteiger partial charge in [0.1, 0.15) is 17.8 Å². The molecule has 3 aromatic rings. The van der Waals surface area contributed by atoms with E-state index in [0.29, 0.717) is 31.2 Å². The van der Waals surface area contributed by atoms with Gasteiger partial charge in [-0.1, -0.05) is 60.6 Å². The molecule has 1 aromatic heterocycles. The quantitative estimate of drug-likeness (QED) is 0.356. The van der Waals surface area contributed by atoms with Gasteiger partial charge in [-0.3, -0.25) is 4.90 Å². The molecule has 1 heterocycles. The lowest BCUT2D eigenvalue weighted by Gasteiger charge is -2.27. The SMILES string of the molecule is CCN(CCO)Cc1ccc(OCCc2coc(-c3cc(C(C)(C)C)c(O)c(C(C)(C)C)c3)n2)cc1. The van der Waals surface area contributed by atoms with Gasteiger partial charge in [0.25, 0.3) is 0 Å². The lowest BCUT2D eigenvalue weighted by Crippen LogP contribution is -2.25. The lowest BCUT2D eigenvalue weighted by atomic mass is 9.78. The third-order valence-corrected chi connectivity index (χ3v) is 6.34. The van der Waals surface area contributed by atoms with Gasteiger partial charge < -0.3 is 19.4 Å². The molecule has 2 N–H and O–H groups in total. The minimum Gasteiger partial charge on any atom is -0.507 e. The highest BCUT2D eigenvalue weighted by Gasteiger charge is 2.27. The number of aliphatic hydroxyl groups is 1. The van der Waals surface area contributed by atoms with Crippen molar-refractivity contribution in [1.82, 2.24) is 9.88 Å². The second-order valence-electron chi connectivity index (χ2n) is 11.4. The van der Waals surface area contributed by atoms with Crippen LogP contribution in [0.15, 0.2) is 47.1 Å². The van der Waals surface area contributed by atoms with Crippen molar-refractivity contribution in [2.24, 2.45) is 0 Å². The molecule has 0 aliphatic carbocycles. The first-order valence-corrected chi connectivity index (χ1v) is 12.8. The number of hydrogen-bond donors (Lipinski definition) is 2. The van der Waals surface area contributed by atoms with Gasteiger partial charge in [0.2, 0.25) is 5.89 Å². The van der Waals surface area contributed by atoms with Crippen LogP contribution in [0.1, 0.15) is 70.9 Å². The van der Waals surface area contributed by atoms with Crippen LogP contribution in [0.4, 0.5) is 0 Å². The van der Waals surface area contributed by atoms with Crippen LogP contribution in [0, 0.1) is 0 Å². The second kappa shape index (κ2) is 11.5. The molecule has 196 valence electrons. The fourth-order valence-corrected chi connectivity index (χ4v) is 4.17. The number of aromatic hydroxyl groups is 1. The van der Waals surface area contributed by atoms with E-state index in [1.165, 1.54) is 5.56 Å². The van der Waals surface area contributed by atoms with E-state index in [0.717, 1.165) is 41.2 Å². The Balaban J connectivity index is 1.67. The van der Waals surface area contributed by atoms with Gasteiger partial charge in [0.15, 0.2) is 0 Å². The first-order valence-electron chi connectivity index (χ1n) is 12.8. The molecule has 3 rings (SSSR count). The zero-order valence-electron chi connectivity index (χ0n) is 22.9. The molecule has 36 heavy (non-hydrogen) atoms. The van der Waals surface area contributed by atoms with Crippen LogP contribution in [0.3, 0.4) is 0 Å². The Morgan fingerprint density at radius 2 is 1.58 bits per heavy atom. The molecule has 2 aromatic carbocycles. The van der Waals surface area contributed by atoms with Crippen LogP contribution < -0.4 is 4.74 Å². The Hall–Kier alpha value is -2.83. The molecule has 0 aliphatic heterocycles. The molecule has 6 nitrogen and oxygen atoms in total. The Kier molecular flexibility index (Phi) is 8.85. The van der Waals surface area contributed by atoms with Crippen molar-refractivity contribution < 1.29 is 19.4 Å². The smallest absolute Gasteiger partial charge is 0.226 e. The molecule has 0 aliphatic rings. The molecule has 0 amide bonds. The minimum absolute atomic E-state index is 0.168. The second-order valence-corrected chi connectivity index (χ2v) is 11.4. The topological polar surface area (TPSA) is 79.0 Å². The molecule has 0 fully saturated rings. The number of ether oxygens (including phenoxy) is 1. The molecular formula is C30H42N2O4. The Morgan fingerprint density at radius 1 is 0.972 bits per heavy atom. The highest BCUT2D eigenvalue weighted by Crippen LogP contribution is 2.41. The number of oxazole rings is 1. The Labute approximate surface area is 215 Å². The summed E-state index contributed by atoms with van der Waals surface area (Å²) in [4.78, 5) is 6.90. The van der Waals surface area contributed by atoms with E-state index in [2.05, 4.69) is 65.5 Å². The zero-order chi connectivity index (χ0) is 26.5. The molecule has 0 saturated heterocycles. The summed E-state index contributed by atoms with van der Waals surface area (Å²) in [5.41, 5.74) is 4.22. The van der Waals surface area contributed by atoms with Gasteiger partial charge in [0, 0.05) is 36.2 Å². The number of rotatable bonds is 10. The number of hydrogen-bond acceptors (Lipinski definition) is 6. The van der Waals surface area contributed by atoms with Crippen molar-refractivity contribution in [2.75, 3.05) is 26.3 Å². The molecule has 0 atom stereocenters. The molecule has 0 spiro atoms. The van der Waals surface area contributed by atoms with Crippen molar-refractivity contribution in [2.45, 2.75) is 72.3 Å². The number of likely N-dealkylation sites (N-methyl/N-ethyl adjacent to an activating group) is 1. The summed E-state index contributed by atoms with van der Waals surface area (Å²) in [6.45, 7) is 17.7. The van der Waals surface area contributed by atoms with Crippen LogP contribution in [-0.4, -0.2) is 46.4 Å². The fourth-order valence-electron chi connectivity index (χ4n) is 4.17. The van der Waals surface area contributed by atoms with Crippen molar-refractivity contribution in [3.05, 3.63) is 65.0 Å². The summed E-state index contributed by atoms with van der Waals surface area (Å²) >= 11 is 0. The van der Waals surface area contributed by atoms with Crippen LogP contribution in [0.25, 0.3) is 11.5 Å². The molecule has 0 bridgehead atoms. The van der Waals surface area contributed by atoms with E-state index in [9.17, 15) is 5.11 Å². The van der Waals surface area contributed by atoms with Crippen LogP contribution in [0.2, 0.25) is 0 Å². The van der Waals surface area contributed by atoms with Crippen LogP contribution >= 0.6 is 0 Å². The third-order valence-electron chi connectivity index (χ3n) is 6.34. The van der Waals surface area contributed by atoms with Crippen molar-refractivity contribution >= 4 is 0 Å². The Morgan fingerprint density at radius 3 is 2.11 bits per heavy atom. The van der Waals surface area contributed by atoms with E-state index >= 15 is 0 Å². The average Bonchev–Trinajstić information content (AvgIpc) is 3.27. The summed E-state index contributed by atoms with van der Waals surface area (Å²) in [6, 6.07) is 12.1. The predicted molar refractivity (Wildman–Crippen MR) is 145 cm³/mol. The normalized spacial score (nSPS) is 12.4. The summed E-state index contributed by atoms with van der Waals surface area (Å²) in [6.07, 6.45) is 2.31. The van der Waals surface area contributed by atoms with Crippen molar-refractivity contribution in [1.29, 1.82) is 0 Å². The zero-order valence-corrected chi connectivity index (χ0v) is 22.9. The largest absolute Gasteiger partial charge is 0.507 e. The van der Waals surface area contributed by atoms with E-state index in [1.54, 1.807) is 6.26 Å². The highest BCUT2D eigenvalue weighted by molar-refractivity contribution is 5.63. The fraction of sp³-hybridized carbons (Fsp3) is 0.500. The minimum atomic E-state index is -0.216. The summed E-state index contributed by atoms with van der Waals surface area (Å²) < 4.78 is 11.8. The average molecular weight is 495 g/mol. The summed E-state index contributed by atoms with van der Waals surface area (Å²) in [5, 5.41) is 20.1. The lowest BCUT2D eigenvalue weighted by molar-refractivity contribution is 0.197. The number of phenolic OH excluding ortho intramolecular Hbond substituents is 1. The molecule has 6 heteroatoms. The monoisotopic (exact) mass is 494 g/mol. The van der Waals surface area contributed by atoms with Crippen LogP contribution in [0.5, 0.6) is 11.5 Å². The van der Waals surface area contributed by atoms with Gasteiger partial charge in [-0.15, -0.1) is 0 Å². The number of benzene rings is 2. The maximum Gasteiger partial charge on any atom is 0.226 e. The number of aliphatic hydroxyl groups excluding tert-OH is 1. The van der Waals surface area contributed by atoms with E-state index in [4.69, 9.17) is 19.2 Å². The van der Waals surface area contributed by atoms with Gasteiger partial charge in [-0.2, -0.15) is 0 Å². The van der Waals surface area contributed by atoms with E-state index < -0.39 is 0 Å². The van der Waals surface area contributed by atoms with Gasteiger partial charge >= 0.3 is 0 Å². The number of phenols is 1. The van der Waals surface area contributed by atoms with Crippen LogP contribution in [-0.2, 0) is 23.8 Å².